The van der Waals surface area contributed by atoms with Gasteiger partial charge >= 0.3 is 0 Å². The minimum Gasteiger partial charge on any atom is -0.372 e. The number of nitrogens with zero attached hydrogens (tertiary/aromatic N) is 3. The number of anilines is 2. The molecule has 0 radical (unpaired) electrons. The molecule has 0 amide bonds. The van der Waals surface area contributed by atoms with Crippen LogP contribution < -0.4 is 10.6 Å². The summed E-state index contributed by atoms with van der Waals surface area (Å²) in [7, 11) is 6.19. The summed E-state index contributed by atoms with van der Waals surface area (Å²) in [6.07, 6.45) is 8.66. The van der Waals surface area contributed by atoms with Crippen LogP contribution in [0.4, 0.5) is 11.6 Å². The van der Waals surface area contributed by atoms with Gasteiger partial charge in [-0.2, -0.15) is 0 Å². The molecule has 1 saturated carbocycles. The van der Waals surface area contributed by atoms with Crippen LogP contribution in [0, 0.1) is 0 Å². The van der Waals surface area contributed by atoms with E-state index in [4.69, 9.17) is 0 Å². The van der Waals surface area contributed by atoms with Crippen LogP contribution in [0.1, 0.15) is 25.7 Å². The Balaban J connectivity index is 2.01. The number of hydrogen-bond donors (Lipinski definition) is 2. The molecule has 1 aliphatic rings. The van der Waals surface area contributed by atoms with Gasteiger partial charge in [0.2, 0.25) is 0 Å². The van der Waals surface area contributed by atoms with Crippen molar-refractivity contribution in [3.8, 4) is 0 Å². The summed E-state index contributed by atoms with van der Waals surface area (Å²) in [4.78, 5) is 11.0. The maximum absolute atomic E-state index is 4.44. The first-order valence-electron chi connectivity index (χ1n) is 6.57. The molecule has 1 heterocycles. The lowest BCUT2D eigenvalue weighted by atomic mass is 9.96. The maximum Gasteiger partial charge on any atom is 0.147 e. The van der Waals surface area contributed by atoms with E-state index >= 15 is 0 Å². The summed E-state index contributed by atoms with van der Waals surface area (Å²) in [5.74, 6) is 1.64. The Morgan fingerprint density at radius 3 is 2.50 bits per heavy atom. The average Bonchev–Trinajstić information content (AvgIpc) is 2.87. The number of likely N-dealkylation sites (N-methyl/N-ethyl adjacent to an activating group) is 1. The fraction of sp³-hybridized carbons (Fsp3) is 0.692. The molecule has 0 aromatic carbocycles. The van der Waals surface area contributed by atoms with Gasteiger partial charge in [-0.25, -0.2) is 4.98 Å². The molecule has 0 bridgehead atoms. The van der Waals surface area contributed by atoms with Gasteiger partial charge in [0, 0.05) is 19.1 Å². The number of nitrogens with one attached hydrogen (secondary N) is 2. The highest BCUT2D eigenvalue weighted by Gasteiger charge is 2.35. The summed E-state index contributed by atoms with van der Waals surface area (Å²) >= 11 is 0. The number of rotatable bonds is 5. The Morgan fingerprint density at radius 1 is 1.22 bits per heavy atom. The molecule has 0 aliphatic heterocycles. The largest absolute Gasteiger partial charge is 0.372 e. The Morgan fingerprint density at radius 2 is 1.89 bits per heavy atom. The third-order valence-corrected chi connectivity index (χ3v) is 3.97. The van der Waals surface area contributed by atoms with Crippen molar-refractivity contribution in [2.75, 3.05) is 38.3 Å². The van der Waals surface area contributed by atoms with Crippen molar-refractivity contribution in [2.24, 2.45) is 0 Å². The molecule has 18 heavy (non-hydrogen) atoms. The molecule has 1 aromatic rings. The van der Waals surface area contributed by atoms with E-state index in [2.05, 4.69) is 39.6 Å². The van der Waals surface area contributed by atoms with Crippen LogP contribution >= 0.6 is 0 Å². The van der Waals surface area contributed by atoms with Crippen molar-refractivity contribution in [3.63, 3.8) is 0 Å². The third-order valence-electron chi connectivity index (χ3n) is 3.97. The minimum absolute atomic E-state index is 0.275. The molecule has 0 atom stereocenters. The Bertz CT molecular complexity index is 385. The normalized spacial score (nSPS) is 18.0. The molecule has 2 rings (SSSR count). The quantitative estimate of drug-likeness (QED) is 0.833. The Labute approximate surface area is 109 Å². The lowest BCUT2D eigenvalue weighted by Gasteiger charge is -2.36. The van der Waals surface area contributed by atoms with Gasteiger partial charge in [-0.1, -0.05) is 12.8 Å². The highest BCUT2D eigenvalue weighted by atomic mass is 15.2. The topological polar surface area (TPSA) is 53.1 Å². The molecule has 100 valence electrons. The molecule has 0 unspecified atom stereocenters. The van der Waals surface area contributed by atoms with Gasteiger partial charge in [-0.15, -0.1) is 0 Å². The highest BCUT2D eigenvalue weighted by Crippen LogP contribution is 2.33. The zero-order valence-electron chi connectivity index (χ0n) is 11.5. The molecule has 1 aromatic heterocycles. The molecule has 5 nitrogen and oxygen atoms in total. The van der Waals surface area contributed by atoms with E-state index in [-0.39, 0.29) is 5.54 Å². The second kappa shape index (κ2) is 5.52. The Hall–Kier alpha value is -1.36. The second-order valence-corrected chi connectivity index (χ2v) is 5.22. The summed E-state index contributed by atoms with van der Waals surface area (Å²) in [6.45, 7) is 0.932. The lowest BCUT2D eigenvalue weighted by molar-refractivity contribution is 0.172. The first-order chi connectivity index (χ1) is 8.66. The van der Waals surface area contributed by atoms with E-state index < -0.39 is 0 Å². The molecular weight excluding hydrogens is 226 g/mol. The summed E-state index contributed by atoms with van der Waals surface area (Å²) in [5, 5.41) is 6.43. The summed E-state index contributed by atoms with van der Waals surface area (Å²) in [6, 6.07) is 0. The fourth-order valence-corrected chi connectivity index (χ4v) is 2.64. The molecule has 0 spiro atoms. The molecule has 1 fully saturated rings. The van der Waals surface area contributed by atoms with Crippen molar-refractivity contribution in [2.45, 2.75) is 31.2 Å². The minimum atomic E-state index is 0.275. The Kier molecular flexibility index (Phi) is 4.01. The van der Waals surface area contributed by atoms with Gasteiger partial charge in [0.15, 0.2) is 0 Å². The van der Waals surface area contributed by atoms with E-state index in [1.807, 2.05) is 7.05 Å². The first kappa shape index (κ1) is 13.1. The van der Waals surface area contributed by atoms with Crippen LogP contribution in [0.2, 0.25) is 0 Å². The van der Waals surface area contributed by atoms with Gasteiger partial charge in [-0.05, 0) is 26.9 Å². The van der Waals surface area contributed by atoms with Crippen molar-refractivity contribution in [1.29, 1.82) is 0 Å². The highest BCUT2D eigenvalue weighted by molar-refractivity contribution is 5.41. The average molecular weight is 249 g/mol. The lowest BCUT2D eigenvalue weighted by Crippen LogP contribution is -2.47. The van der Waals surface area contributed by atoms with E-state index in [9.17, 15) is 0 Å². The van der Waals surface area contributed by atoms with Gasteiger partial charge in [-0.3, -0.25) is 4.98 Å². The van der Waals surface area contributed by atoms with Gasteiger partial charge in [0.05, 0.1) is 12.4 Å². The van der Waals surface area contributed by atoms with Crippen LogP contribution in [0.5, 0.6) is 0 Å². The van der Waals surface area contributed by atoms with E-state index in [1.165, 1.54) is 25.7 Å². The summed E-state index contributed by atoms with van der Waals surface area (Å²) in [5.41, 5.74) is 0.275. The monoisotopic (exact) mass is 249 g/mol. The number of aromatic nitrogens is 2. The number of hydrogen-bond acceptors (Lipinski definition) is 5. The van der Waals surface area contributed by atoms with E-state index in [0.29, 0.717) is 0 Å². The van der Waals surface area contributed by atoms with Crippen LogP contribution in [-0.2, 0) is 0 Å². The maximum atomic E-state index is 4.44. The molecule has 1 aliphatic carbocycles. The van der Waals surface area contributed by atoms with E-state index in [0.717, 1.165) is 18.2 Å². The van der Waals surface area contributed by atoms with Gasteiger partial charge in [0.1, 0.15) is 11.6 Å². The fourth-order valence-electron chi connectivity index (χ4n) is 2.64. The molecule has 5 heteroatoms. The predicted molar refractivity (Wildman–Crippen MR) is 75.0 cm³/mol. The van der Waals surface area contributed by atoms with Gasteiger partial charge in [0.25, 0.3) is 0 Å². The van der Waals surface area contributed by atoms with Crippen molar-refractivity contribution in [1.82, 2.24) is 14.9 Å². The zero-order chi connectivity index (χ0) is 13.0. The standard InChI is InChI=1S/C13H23N5/c1-14-11-8-15-9-12(17-11)16-10-13(18(2)3)6-4-5-7-13/h8-9H,4-7,10H2,1-3H3,(H2,14,16,17). The smallest absolute Gasteiger partial charge is 0.147 e. The van der Waals surface area contributed by atoms with Crippen molar-refractivity contribution < 1.29 is 0 Å². The van der Waals surface area contributed by atoms with E-state index in [1.54, 1.807) is 12.4 Å². The SMILES string of the molecule is CNc1cncc(NCC2(N(C)C)CCCC2)n1. The van der Waals surface area contributed by atoms with Crippen molar-refractivity contribution >= 4 is 11.6 Å². The first-order valence-corrected chi connectivity index (χ1v) is 6.57. The zero-order valence-corrected chi connectivity index (χ0v) is 11.5. The summed E-state index contributed by atoms with van der Waals surface area (Å²) < 4.78 is 0. The molecular formula is C13H23N5. The second-order valence-electron chi connectivity index (χ2n) is 5.22. The van der Waals surface area contributed by atoms with Gasteiger partial charge < -0.3 is 15.5 Å². The molecule has 0 saturated heterocycles. The van der Waals surface area contributed by atoms with Crippen LogP contribution in [0.3, 0.4) is 0 Å². The van der Waals surface area contributed by atoms with Crippen molar-refractivity contribution in [3.05, 3.63) is 12.4 Å². The van der Waals surface area contributed by atoms with Crippen LogP contribution in [-0.4, -0.2) is 48.1 Å². The molecule has 2 N–H and O–H groups in total. The third kappa shape index (κ3) is 2.72. The predicted octanol–water partition coefficient (Wildman–Crippen LogP) is 1.80. The van der Waals surface area contributed by atoms with Crippen LogP contribution in [0.25, 0.3) is 0 Å². The van der Waals surface area contributed by atoms with Crippen LogP contribution in [0.15, 0.2) is 12.4 Å².